The third-order valence-corrected chi connectivity index (χ3v) is 6.61. The number of hydrogen-bond donors (Lipinski definition) is 0. The maximum atomic E-state index is 5.40. The van der Waals surface area contributed by atoms with Gasteiger partial charge in [0, 0.05) is 18.1 Å². The van der Waals surface area contributed by atoms with Crippen LogP contribution in [0.5, 0.6) is 5.75 Å². The summed E-state index contributed by atoms with van der Waals surface area (Å²) >= 11 is 0. The van der Waals surface area contributed by atoms with Crippen molar-refractivity contribution < 1.29 is 4.74 Å². The summed E-state index contributed by atoms with van der Waals surface area (Å²) in [5, 5.41) is 1.23. The molecule has 1 fully saturated rings. The van der Waals surface area contributed by atoms with Gasteiger partial charge in [-0.3, -0.25) is 4.98 Å². The zero-order valence-electron chi connectivity index (χ0n) is 16.2. The Balaban J connectivity index is 1.70. The predicted octanol–water partition coefficient (Wildman–Crippen LogP) is 4.93. The molecule has 1 aliphatic rings. The van der Waals surface area contributed by atoms with Crippen LogP contribution in [0.4, 0.5) is 0 Å². The third-order valence-electron chi connectivity index (χ3n) is 6.61. The molecule has 3 heteroatoms. The zero-order valence-corrected chi connectivity index (χ0v) is 16.2. The lowest BCUT2D eigenvalue weighted by Crippen LogP contribution is -2.28. The van der Waals surface area contributed by atoms with E-state index < -0.39 is 0 Å². The Kier molecular flexibility index (Phi) is 5.63. The van der Waals surface area contributed by atoms with Crippen LogP contribution in [-0.2, 0) is 6.42 Å². The average Bonchev–Trinajstić information content (AvgIpc) is 2.79. The Morgan fingerprint density at radius 2 is 2.12 bits per heavy atom. The monoisotopic (exact) mass is 340 g/mol. The van der Waals surface area contributed by atoms with Crippen molar-refractivity contribution in [1.29, 1.82) is 0 Å². The van der Waals surface area contributed by atoms with Crippen LogP contribution in [0.15, 0.2) is 30.5 Å². The molecule has 0 N–H and O–H groups in total. The zero-order chi connectivity index (χ0) is 17.9. The standard InChI is InChI=1S/C22H32N2O/c1-5-22(3)11-15-24(13-9-17(22)2)14-10-18-8-12-23-21-7-6-19(25-4)16-20(18)21/h6-8,12,16-17H,5,9-11,13-15H2,1-4H3/t17?,22-/m0/s1. The summed E-state index contributed by atoms with van der Waals surface area (Å²) < 4.78 is 5.40. The molecular weight excluding hydrogens is 308 g/mol. The Hall–Kier alpha value is -1.61. The molecule has 0 bridgehead atoms. The topological polar surface area (TPSA) is 25.4 Å². The van der Waals surface area contributed by atoms with E-state index in [1.54, 1.807) is 7.11 Å². The van der Waals surface area contributed by atoms with Crippen molar-refractivity contribution in [3.63, 3.8) is 0 Å². The Morgan fingerprint density at radius 1 is 1.28 bits per heavy atom. The first-order valence-corrected chi connectivity index (χ1v) is 9.69. The highest BCUT2D eigenvalue weighted by atomic mass is 16.5. The van der Waals surface area contributed by atoms with E-state index in [0.29, 0.717) is 5.41 Å². The number of nitrogens with zero attached hydrogens (tertiary/aromatic N) is 2. The summed E-state index contributed by atoms with van der Waals surface area (Å²) in [5.74, 6) is 1.72. The van der Waals surface area contributed by atoms with Crippen LogP contribution >= 0.6 is 0 Å². The van der Waals surface area contributed by atoms with Crippen LogP contribution in [0.3, 0.4) is 0 Å². The molecule has 136 valence electrons. The largest absolute Gasteiger partial charge is 0.497 e. The number of pyridine rings is 1. The fourth-order valence-electron chi connectivity index (χ4n) is 4.05. The van der Waals surface area contributed by atoms with Crippen molar-refractivity contribution in [1.82, 2.24) is 9.88 Å². The van der Waals surface area contributed by atoms with Crippen molar-refractivity contribution in [2.75, 3.05) is 26.7 Å². The maximum Gasteiger partial charge on any atom is 0.119 e. The molecule has 2 heterocycles. The number of aromatic nitrogens is 1. The first-order chi connectivity index (χ1) is 12.1. The van der Waals surface area contributed by atoms with Gasteiger partial charge in [0.1, 0.15) is 5.75 Å². The summed E-state index contributed by atoms with van der Waals surface area (Å²) in [5.41, 5.74) is 2.94. The molecule has 1 aliphatic heterocycles. The van der Waals surface area contributed by atoms with E-state index in [-0.39, 0.29) is 0 Å². The molecule has 1 unspecified atom stereocenters. The van der Waals surface area contributed by atoms with Crippen LogP contribution in [0, 0.1) is 11.3 Å². The van der Waals surface area contributed by atoms with Crippen molar-refractivity contribution in [3.05, 3.63) is 36.0 Å². The number of hydrogen-bond acceptors (Lipinski definition) is 3. The third kappa shape index (κ3) is 3.98. The van der Waals surface area contributed by atoms with Gasteiger partial charge in [0.2, 0.25) is 0 Å². The summed E-state index contributed by atoms with van der Waals surface area (Å²) in [6, 6.07) is 8.33. The minimum atomic E-state index is 0.505. The van der Waals surface area contributed by atoms with E-state index in [0.717, 1.165) is 30.1 Å². The van der Waals surface area contributed by atoms with E-state index >= 15 is 0 Å². The fraction of sp³-hybridized carbons (Fsp3) is 0.591. The van der Waals surface area contributed by atoms with Crippen LogP contribution < -0.4 is 4.74 Å². The summed E-state index contributed by atoms with van der Waals surface area (Å²) in [6.07, 6.45) is 6.92. The molecule has 1 aromatic heterocycles. The Bertz CT molecular complexity index is 714. The highest BCUT2D eigenvalue weighted by Gasteiger charge is 2.32. The second kappa shape index (κ2) is 7.74. The molecule has 0 amide bonds. The number of rotatable bonds is 5. The van der Waals surface area contributed by atoms with Crippen molar-refractivity contribution >= 4 is 10.9 Å². The first kappa shape index (κ1) is 18.2. The molecule has 0 spiro atoms. The summed E-state index contributed by atoms with van der Waals surface area (Å²) in [7, 11) is 1.72. The molecule has 0 aliphatic carbocycles. The van der Waals surface area contributed by atoms with Crippen LogP contribution in [-0.4, -0.2) is 36.6 Å². The van der Waals surface area contributed by atoms with Gasteiger partial charge in [-0.05, 0) is 73.5 Å². The number of ether oxygens (including phenoxy) is 1. The van der Waals surface area contributed by atoms with Gasteiger partial charge in [0.25, 0.3) is 0 Å². The van der Waals surface area contributed by atoms with Crippen LogP contribution in [0.25, 0.3) is 10.9 Å². The maximum absolute atomic E-state index is 5.40. The quantitative estimate of drug-likeness (QED) is 0.771. The number of likely N-dealkylation sites (tertiary alicyclic amines) is 1. The SMILES string of the molecule is CC[C@@]1(C)CCN(CCc2ccnc3ccc(OC)cc23)CCC1C. The van der Waals surface area contributed by atoms with E-state index in [1.165, 1.54) is 43.3 Å². The minimum absolute atomic E-state index is 0.505. The highest BCUT2D eigenvalue weighted by Crippen LogP contribution is 2.39. The molecule has 2 aromatic rings. The van der Waals surface area contributed by atoms with Crippen LogP contribution in [0.1, 0.15) is 45.6 Å². The van der Waals surface area contributed by atoms with E-state index in [9.17, 15) is 0 Å². The van der Waals surface area contributed by atoms with Crippen molar-refractivity contribution in [2.45, 2.75) is 46.5 Å². The van der Waals surface area contributed by atoms with Gasteiger partial charge in [-0.2, -0.15) is 0 Å². The van der Waals surface area contributed by atoms with E-state index in [1.807, 2.05) is 12.3 Å². The lowest BCUT2D eigenvalue weighted by atomic mass is 9.73. The second-order valence-corrected chi connectivity index (χ2v) is 7.89. The number of fused-ring (bicyclic) bond motifs is 1. The molecule has 0 saturated carbocycles. The average molecular weight is 341 g/mol. The van der Waals surface area contributed by atoms with Gasteiger partial charge in [0.05, 0.1) is 12.6 Å². The molecule has 2 atom stereocenters. The highest BCUT2D eigenvalue weighted by molar-refractivity contribution is 5.83. The van der Waals surface area contributed by atoms with E-state index in [2.05, 4.69) is 48.9 Å². The number of benzene rings is 1. The minimum Gasteiger partial charge on any atom is -0.497 e. The molecule has 3 nitrogen and oxygen atoms in total. The van der Waals surface area contributed by atoms with Gasteiger partial charge >= 0.3 is 0 Å². The predicted molar refractivity (Wildman–Crippen MR) is 105 cm³/mol. The van der Waals surface area contributed by atoms with Crippen LogP contribution in [0.2, 0.25) is 0 Å². The molecule has 0 radical (unpaired) electrons. The number of methoxy groups -OCH3 is 1. The van der Waals surface area contributed by atoms with Crippen molar-refractivity contribution in [3.8, 4) is 5.75 Å². The molecule has 1 aromatic carbocycles. The lowest BCUT2D eigenvalue weighted by Gasteiger charge is -2.32. The molecular formula is C22H32N2O. The van der Waals surface area contributed by atoms with Gasteiger partial charge in [-0.15, -0.1) is 0 Å². The van der Waals surface area contributed by atoms with Crippen molar-refractivity contribution in [2.24, 2.45) is 11.3 Å². The smallest absolute Gasteiger partial charge is 0.119 e. The molecule has 3 rings (SSSR count). The van der Waals surface area contributed by atoms with Gasteiger partial charge in [0.15, 0.2) is 0 Å². The summed E-state index contributed by atoms with van der Waals surface area (Å²) in [6.45, 7) is 10.8. The second-order valence-electron chi connectivity index (χ2n) is 7.89. The van der Waals surface area contributed by atoms with E-state index in [4.69, 9.17) is 4.74 Å². The van der Waals surface area contributed by atoms with Gasteiger partial charge in [-0.25, -0.2) is 0 Å². The normalized spacial score (nSPS) is 25.0. The van der Waals surface area contributed by atoms with Gasteiger partial charge in [-0.1, -0.05) is 27.2 Å². The Labute approximate surface area is 152 Å². The van der Waals surface area contributed by atoms with Gasteiger partial charge < -0.3 is 9.64 Å². The summed E-state index contributed by atoms with van der Waals surface area (Å²) in [4.78, 5) is 7.15. The molecule has 1 saturated heterocycles. The first-order valence-electron chi connectivity index (χ1n) is 9.69. The fourth-order valence-corrected chi connectivity index (χ4v) is 4.05. The lowest BCUT2D eigenvalue weighted by molar-refractivity contribution is 0.182. The molecule has 25 heavy (non-hydrogen) atoms. The Morgan fingerprint density at radius 3 is 2.88 bits per heavy atom.